The van der Waals surface area contributed by atoms with E-state index in [1.807, 2.05) is 57.2 Å². The maximum atomic E-state index is 12.6. The van der Waals surface area contributed by atoms with E-state index >= 15 is 0 Å². The summed E-state index contributed by atoms with van der Waals surface area (Å²) in [7, 11) is 0. The van der Waals surface area contributed by atoms with Gasteiger partial charge in [0.15, 0.2) is 0 Å². The lowest BCUT2D eigenvalue weighted by Gasteiger charge is -2.11. The van der Waals surface area contributed by atoms with Crippen molar-refractivity contribution in [3.05, 3.63) is 99.0 Å². The molecule has 0 radical (unpaired) electrons. The normalized spacial score (nSPS) is 10.6. The monoisotopic (exact) mass is 346 g/mol. The zero-order valence-electron chi connectivity index (χ0n) is 15.2. The van der Waals surface area contributed by atoms with E-state index in [-0.39, 0.29) is 11.5 Å². The average Bonchev–Trinajstić information content (AvgIpc) is 2.57. The summed E-state index contributed by atoms with van der Waals surface area (Å²) in [5, 5.41) is 2.91. The van der Waals surface area contributed by atoms with Gasteiger partial charge in [0, 0.05) is 18.0 Å². The minimum Gasteiger partial charge on any atom is -0.322 e. The van der Waals surface area contributed by atoms with Crippen LogP contribution in [0.4, 0.5) is 5.69 Å². The van der Waals surface area contributed by atoms with Crippen molar-refractivity contribution in [1.82, 2.24) is 4.57 Å². The number of nitrogens with zero attached hydrogens (tertiary/aromatic N) is 1. The number of hydrogen-bond acceptors (Lipinski definition) is 2. The number of pyridine rings is 1. The maximum Gasteiger partial charge on any atom is 0.257 e. The lowest BCUT2D eigenvalue weighted by Crippen LogP contribution is -2.22. The molecule has 3 aromatic rings. The first kappa shape index (κ1) is 17.7. The Hall–Kier alpha value is -3.14. The fourth-order valence-electron chi connectivity index (χ4n) is 3.01. The summed E-state index contributed by atoms with van der Waals surface area (Å²) in [5.74, 6) is -0.228. The van der Waals surface area contributed by atoms with Crippen molar-refractivity contribution in [1.29, 1.82) is 0 Å². The molecule has 26 heavy (non-hydrogen) atoms. The van der Waals surface area contributed by atoms with Gasteiger partial charge in [0.1, 0.15) is 0 Å². The molecule has 3 rings (SSSR count). The van der Waals surface area contributed by atoms with E-state index in [0.29, 0.717) is 12.1 Å². The van der Waals surface area contributed by atoms with Gasteiger partial charge in [-0.25, -0.2) is 0 Å². The van der Waals surface area contributed by atoms with E-state index in [1.165, 1.54) is 6.07 Å². The first-order chi connectivity index (χ1) is 12.4. The molecule has 1 heterocycles. The van der Waals surface area contributed by atoms with E-state index in [1.54, 1.807) is 16.8 Å². The van der Waals surface area contributed by atoms with Gasteiger partial charge in [-0.3, -0.25) is 9.59 Å². The van der Waals surface area contributed by atoms with Gasteiger partial charge in [-0.15, -0.1) is 0 Å². The van der Waals surface area contributed by atoms with Gasteiger partial charge in [-0.2, -0.15) is 0 Å². The highest BCUT2D eigenvalue weighted by Crippen LogP contribution is 2.15. The molecule has 0 fully saturated rings. The van der Waals surface area contributed by atoms with E-state index in [9.17, 15) is 9.59 Å². The van der Waals surface area contributed by atoms with E-state index in [0.717, 1.165) is 27.9 Å². The molecule has 0 atom stereocenters. The van der Waals surface area contributed by atoms with Crippen LogP contribution in [0.1, 0.15) is 32.6 Å². The third-order valence-electron chi connectivity index (χ3n) is 4.33. The summed E-state index contributed by atoms with van der Waals surface area (Å²) in [6, 6.07) is 16.8. The Morgan fingerprint density at radius 2 is 1.65 bits per heavy atom. The molecule has 0 aliphatic carbocycles. The Kier molecular flexibility index (Phi) is 5.03. The highest BCUT2D eigenvalue weighted by Gasteiger charge is 2.10. The highest BCUT2D eigenvalue weighted by molar-refractivity contribution is 6.04. The third kappa shape index (κ3) is 4.09. The number of carbonyl (C=O) groups is 1. The molecule has 1 aromatic heterocycles. The zero-order chi connectivity index (χ0) is 18.7. The number of aromatic nitrogens is 1. The Morgan fingerprint density at radius 3 is 2.35 bits per heavy atom. The lowest BCUT2D eigenvalue weighted by atomic mass is 10.1. The summed E-state index contributed by atoms with van der Waals surface area (Å²) in [4.78, 5) is 24.8. The Morgan fingerprint density at radius 1 is 0.962 bits per heavy atom. The molecular formula is C22H22N2O2. The van der Waals surface area contributed by atoms with Gasteiger partial charge in [0.2, 0.25) is 0 Å². The predicted molar refractivity (Wildman–Crippen MR) is 105 cm³/mol. The van der Waals surface area contributed by atoms with Crippen LogP contribution in [-0.4, -0.2) is 10.5 Å². The molecule has 0 aliphatic rings. The molecule has 0 aliphatic heterocycles. The van der Waals surface area contributed by atoms with Crippen LogP contribution in [0.2, 0.25) is 0 Å². The maximum absolute atomic E-state index is 12.6. The van der Waals surface area contributed by atoms with Crippen molar-refractivity contribution in [3.8, 4) is 0 Å². The lowest BCUT2D eigenvalue weighted by molar-refractivity contribution is 0.102. The summed E-state index contributed by atoms with van der Waals surface area (Å²) in [5.41, 5.74) is 5.43. The molecule has 4 heteroatoms. The van der Waals surface area contributed by atoms with Crippen LogP contribution in [-0.2, 0) is 6.54 Å². The van der Waals surface area contributed by atoms with Crippen molar-refractivity contribution in [3.63, 3.8) is 0 Å². The number of carbonyl (C=O) groups excluding carboxylic acids is 1. The van der Waals surface area contributed by atoms with Crippen molar-refractivity contribution >= 4 is 11.6 Å². The molecule has 0 spiro atoms. The average molecular weight is 346 g/mol. The van der Waals surface area contributed by atoms with Crippen molar-refractivity contribution in [2.45, 2.75) is 27.3 Å². The zero-order valence-corrected chi connectivity index (χ0v) is 15.2. The summed E-state index contributed by atoms with van der Waals surface area (Å²) in [6.45, 7) is 6.43. The Bertz CT molecular complexity index is 998. The van der Waals surface area contributed by atoms with Gasteiger partial charge in [-0.05, 0) is 61.2 Å². The summed E-state index contributed by atoms with van der Waals surface area (Å²) >= 11 is 0. The van der Waals surface area contributed by atoms with Crippen LogP contribution in [0, 0.1) is 20.8 Å². The molecule has 4 nitrogen and oxygen atoms in total. The SMILES string of the molecule is Cc1cc(C)cc(NC(=O)c2ccc(=O)n(Cc3ccccc3C)c2)c1. The molecule has 0 saturated heterocycles. The van der Waals surface area contributed by atoms with E-state index < -0.39 is 0 Å². The molecule has 2 aromatic carbocycles. The second-order valence-corrected chi connectivity index (χ2v) is 6.64. The van der Waals surface area contributed by atoms with Crippen LogP contribution in [0.25, 0.3) is 0 Å². The Labute approximate surface area is 153 Å². The second kappa shape index (κ2) is 7.40. The number of nitrogens with one attached hydrogen (secondary N) is 1. The number of benzene rings is 2. The van der Waals surface area contributed by atoms with Gasteiger partial charge >= 0.3 is 0 Å². The van der Waals surface area contributed by atoms with Crippen molar-refractivity contribution in [2.75, 3.05) is 5.32 Å². The van der Waals surface area contributed by atoms with E-state index in [2.05, 4.69) is 11.4 Å². The second-order valence-electron chi connectivity index (χ2n) is 6.64. The molecule has 0 unspecified atom stereocenters. The molecule has 1 N–H and O–H groups in total. The van der Waals surface area contributed by atoms with Gasteiger partial charge in [0.05, 0.1) is 12.1 Å². The molecule has 132 valence electrons. The summed E-state index contributed by atoms with van der Waals surface area (Å²) < 4.78 is 1.57. The fraction of sp³-hybridized carbons (Fsp3) is 0.182. The first-order valence-electron chi connectivity index (χ1n) is 8.57. The smallest absolute Gasteiger partial charge is 0.257 e. The number of anilines is 1. The van der Waals surface area contributed by atoms with Crippen molar-refractivity contribution < 1.29 is 4.79 Å². The van der Waals surface area contributed by atoms with Crippen LogP contribution in [0.3, 0.4) is 0 Å². The van der Waals surface area contributed by atoms with Crippen LogP contribution in [0.15, 0.2) is 65.6 Å². The number of rotatable bonds is 4. The molecule has 0 saturated carbocycles. The fourth-order valence-corrected chi connectivity index (χ4v) is 3.01. The van der Waals surface area contributed by atoms with Crippen LogP contribution < -0.4 is 10.9 Å². The topological polar surface area (TPSA) is 51.1 Å². The van der Waals surface area contributed by atoms with Crippen molar-refractivity contribution in [2.24, 2.45) is 0 Å². The molecule has 0 bridgehead atoms. The largest absolute Gasteiger partial charge is 0.322 e. The number of amides is 1. The standard InChI is InChI=1S/C22H22N2O2/c1-15-10-16(2)12-20(11-15)23-22(26)19-8-9-21(25)24(14-19)13-18-7-5-4-6-17(18)3/h4-12,14H,13H2,1-3H3,(H,23,26). The van der Waals surface area contributed by atoms with E-state index in [4.69, 9.17) is 0 Å². The minimum absolute atomic E-state index is 0.129. The van der Waals surface area contributed by atoms with Gasteiger partial charge in [-0.1, -0.05) is 30.3 Å². The Balaban J connectivity index is 1.85. The van der Waals surface area contributed by atoms with Gasteiger partial charge in [0.25, 0.3) is 11.5 Å². The minimum atomic E-state index is -0.228. The summed E-state index contributed by atoms with van der Waals surface area (Å²) in [6.07, 6.45) is 1.62. The predicted octanol–water partition coefficient (Wildman–Crippen LogP) is 4.07. The van der Waals surface area contributed by atoms with Crippen LogP contribution in [0.5, 0.6) is 0 Å². The highest BCUT2D eigenvalue weighted by atomic mass is 16.2. The quantitative estimate of drug-likeness (QED) is 0.774. The molecular weight excluding hydrogens is 324 g/mol. The first-order valence-corrected chi connectivity index (χ1v) is 8.57. The van der Waals surface area contributed by atoms with Gasteiger partial charge < -0.3 is 9.88 Å². The number of hydrogen-bond donors (Lipinski definition) is 1. The van der Waals surface area contributed by atoms with Crippen LogP contribution >= 0.6 is 0 Å². The number of aryl methyl sites for hydroxylation is 3. The third-order valence-corrected chi connectivity index (χ3v) is 4.33. The molecule has 1 amide bonds.